The van der Waals surface area contributed by atoms with Crippen molar-refractivity contribution in [2.45, 2.75) is 26.7 Å². The molecule has 0 spiro atoms. The van der Waals surface area contributed by atoms with Gasteiger partial charge in [0, 0.05) is 24.3 Å². The Morgan fingerprint density at radius 1 is 1.30 bits per heavy atom. The summed E-state index contributed by atoms with van der Waals surface area (Å²) in [5.74, 6) is 1.14. The molecular weight excluding hydrogens is 294 g/mol. The maximum absolute atomic E-state index is 11.8. The molecule has 23 heavy (non-hydrogen) atoms. The molecular formula is C17H21N3O3. The van der Waals surface area contributed by atoms with Crippen molar-refractivity contribution < 1.29 is 14.1 Å². The summed E-state index contributed by atoms with van der Waals surface area (Å²) in [6, 6.07) is 8.08. The molecule has 6 heteroatoms. The van der Waals surface area contributed by atoms with Crippen molar-refractivity contribution >= 4 is 11.7 Å². The third-order valence-corrected chi connectivity index (χ3v) is 4.12. The number of carbonyl (C=O) groups is 1. The molecule has 1 fully saturated rings. The molecule has 0 bridgehead atoms. The van der Waals surface area contributed by atoms with Crippen LogP contribution in [0.1, 0.15) is 25.6 Å². The summed E-state index contributed by atoms with van der Waals surface area (Å²) in [5, 5.41) is 3.80. The third-order valence-electron chi connectivity index (χ3n) is 4.12. The number of ether oxygens (including phenoxy) is 1. The summed E-state index contributed by atoms with van der Waals surface area (Å²) in [5.41, 5.74) is 2.06. The lowest BCUT2D eigenvalue weighted by atomic mass is 9.96. The van der Waals surface area contributed by atoms with Crippen LogP contribution in [0.2, 0.25) is 0 Å². The number of nitrogens with zero attached hydrogens (tertiary/aromatic N) is 3. The summed E-state index contributed by atoms with van der Waals surface area (Å²) in [6.07, 6.45) is 1.67. The molecule has 1 aromatic heterocycles. The minimum absolute atomic E-state index is 0.0341. The molecule has 3 rings (SSSR count). The summed E-state index contributed by atoms with van der Waals surface area (Å²) in [7, 11) is 0. The quantitative estimate of drug-likeness (QED) is 0.808. The number of benzene rings is 1. The number of hydrogen-bond acceptors (Lipinski definition) is 6. The average Bonchev–Trinajstić information content (AvgIpc) is 3.02. The van der Waals surface area contributed by atoms with Gasteiger partial charge < -0.3 is 14.2 Å². The molecule has 6 nitrogen and oxygen atoms in total. The minimum Gasteiger partial charge on any atom is -0.466 e. The molecule has 0 saturated carbocycles. The predicted molar refractivity (Wildman–Crippen MR) is 86.0 cm³/mol. The number of esters is 1. The lowest BCUT2D eigenvalue weighted by Crippen LogP contribution is -2.36. The van der Waals surface area contributed by atoms with Crippen molar-refractivity contribution in [2.24, 2.45) is 5.92 Å². The zero-order valence-corrected chi connectivity index (χ0v) is 13.5. The van der Waals surface area contributed by atoms with Gasteiger partial charge >= 0.3 is 5.97 Å². The van der Waals surface area contributed by atoms with Gasteiger partial charge in [-0.1, -0.05) is 5.16 Å². The monoisotopic (exact) mass is 315 g/mol. The van der Waals surface area contributed by atoms with Crippen LogP contribution in [-0.4, -0.2) is 35.8 Å². The molecule has 0 aliphatic carbocycles. The molecule has 2 aromatic rings. The molecule has 122 valence electrons. The van der Waals surface area contributed by atoms with Gasteiger partial charge in [0.1, 0.15) is 0 Å². The van der Waals surface area contributed by atoms with Crippen molar-refractivity contribution in [2.75, 3.05) is 24.6 Å². The van der Waals surface area contributed by atoms with Crippen molar-refractivity contribution in [3.05, 3.63) is 30.1 Å². The first kappa shape index (κ1) is 15.5. The first-order valence-electron chi connectivity index (χ1n) is 7.99. The van der Waals surface area contributed by atoms with E-state index in [0.717, 1.165) is 37.2 Å². The molecule has 0 atom stereocenters. The summed E-state index contributed by atoms with van der Waals surface area (Å²) >= 11 is 0. The summed E-state index contributed by atoms with van der Waals surface area (Å²) in [4.78, 5) is 18.3. The van der Waals surface area contributed by atoms with Gasteiger partial charge in [0.05, 0.1) is 12.5 Å². The van der Waals surface area contributed by atoms with E-state index in [-0.39, 0.29) is 11.9 Å². The van der Waals surface area contributed by atoms with Crippen LogP contribution < -0.4 is 4.90 Å². The highest BCUT2D eigenvalue weighted by Gasteiger charge is 2.26. The molecule has 0 amide bonds. The van der Waals surface area contributed by atoms with E-state index in [2.05, 4.69) is 27.2 Å². The standard InChI is InChI=1S/C17H21N3O3/c1-3-22-17(21)14-8-10-20(11-9-14)15-6-4-13(5-7-15)16-18-12(2)19-23-16/h4-7,14H,3,8-11H2,1-2H3. The second-order valence-electron chi connectivity index (χ2n) is 5.71. The topological polar surface area (TPSA) is 68.5 Å². The fourth-order valence-electron chi connectivity index (χ4n) is 2.86. The van der Waals surface area contributed by atoms with E-state index in [9.17, 15) is 4.79 Å². The van der Waals surface area contributed by atoms with Crippen LogP contribution in [0.15, 0.2) is 28.8 Å². The molecule has 0 N–H and O–H groups in total. The van der Waals surface area contributed by atoms with Crippen molar-refractivity contribution in [1.82, 2.24) is 10.1 Å². The number of carbonyl (C=O) groups excluding carboxylic acids is 1. The SMILES string of the molecule is CCOC(=O)C1CCN(c2ccc(-c3nc(C)no3)cc2)CC1. The second kappa shape index (κ2) is 6.81. The van der Waals surface area contributed by atoms with E-state index in [1.54, 1.807) is 6.92 Å². The maximum atomic E-state index is 11.8. The number of anilines is 1. The van der Waals surface area contributed by atoms with Crippen LogP contribution in [0.4, 0.5) is 5.69 Å². The summed E-state index contributed by atoms with van der Waals surface area (Å²) in [6.45, 7) is 5.83. The molecule has 1 aliphatic heterocycles. The number of rotatable bonds is 4. The number of aryl methyl sites for hydroxylation is 1. The maximum Gasteiger partial charge on any atom is 0.309 e. The Morgan fingerprint density at radius 3 is 2.57 bits per heavy atom. The number of aromatic nitrogens is 2. The number of piperidine rings is 1. The molecule has 1 aliphatic rings. The van der Waals surface area contributed by atoms with Crippen LogP contribution in [-0.2, 0) is 9.53 Å². The lowest BCUT2D eigenvalue weighted by Gasteiger charge is -2.32. The third kappa shape index (κ3) is 3.52. The van der Waals surface area contributed by atoms with E-state index in [0.29, 0.717) is 18.3 Å². The van der Waals surface area contributed by atoms with Gasteiger partial charge in [0.15, 0.2) is 5.82 Å². The molecule has 2 heterocycles. The van der Waals surface area contributed by atoms with Crippen molar-refractivity contribution in [1.29, 1.82) is 0 Å². The van der Waals surface area contributed by atoms with Gasteiger partial charge in [-0.3, -0.25) is 4.79 Å². The minimum atomic E-state index is -0.0609. The van der Waals surface area contributed by atoms with E-state index >= 15 is 0 Å². The van der Waals surface area contributed by atoms with Gasteiger partial charge in [-0.2, -0.15) is 4.98 Å². The van der Waals surface area contributed by atoms with Crippen LogP contribution in [0.25, 0.3) is 11.5 Å². The van der Waals surface area contributed by atoms with Crippen LogP contribution in [0.5, 0.6) is 0 Å². The molecule has 1 aromatic carbocycles. The van der Waals surface area contributed by atoms with E-state index in [4.69, 9.17) is 9.26 Å². The van der Waals surface area contributed by atoms with Gasteiger partial charge in [0.2, 0.25) is 0 Å². The lowest BCUT2D eigenvalue weighted by molar-refractivity contribution is -0.148. The summed E-state index contributed by atoms with van der Waals surface area (Å²) < 4.78 is 10.3. The Hall–Kier alpha value is -2.37. The Balaban J connectivity index is 1.62. The zero-order chi connectivity index (χ0) is 16.2. The van der Waals surface area contributed by atoms with Gasteiger partial charge in [-0.15, -0.1) is 0 Å². The Morgan fingerprint density at radius 2 is 2.00 bits per heavy atom. The normalized spacial score (nSPS) is 15.7. The predicted octanol–water partition coefficient (Wildman–Crippen LogP) is 2.82. The highest BCUT2D eigenvalue weighted by Crippen LogP contribution is 2.26. The van der Waals surface area contributed by atoms with Crippen molar-refractivity contribution in [3.63, 3.8) is 0 Å². The van der Waals surface area contributed by atoms with Crippen LogP contribution in [0, 0.1) is 12.8 Å². The molecule has 1 saturated heterocycles. The fraction of sp³-hybridized carbons (Fsp3) is 0.471. The van der Waals surface area contributed by atoms with Gasteiger partial charge in [0.25, 0.3) is 5.89 Å². The highest BCUT2D eigenvalue weighted by atomic mass is 16.5. The second-order valence-corrected chi connectivity index (χ2v) is 5.71. The van der Waals surface area contributed by atoms with E-state index < -0.39 is 0 Å². The Bertz CT molecular complexity index is 658. The van der Waals surface area contributed by atoms with Crippen LogP contribution in [0.3, 0.4) is 0 Å². The Labute approximate surface area is 135 Å². The Kier molecular flexibility index (Phi) is 4.60. The van der Waals surface area contributed by atoms with E-state index in [1.807, 2.05) is 19.1 Å². The first-order valence-corrected chi connectivity index (χ1v) is 7.99. The number of hydrogen-bond donors (Lipinski definition) is 0. The largest absolute Gasteiger partial charge is 0.466 e. The highest BCUT2D eigenvalue weighted by molar-refractivity contribution is 5.73. The van der Waals surface area contributed by atoms with Gasteiger partial charge in [-0.25, -0.2) is 0 Å². The van der Waals surface area contributed by atoms with Crippen LogP contribution >= 0.6 is 0 Å². The molecule has 0 unspecified atom stereocenters. The first-order chi connectivity index (χ1) is 11.2. The van der Waals surface area contributed by atoms with E-state index in [1.165, 1.54) is 0 Å². The molecule has 0 radical (unpaired) electrons. The smallest absolute Gasteiger partial charge is 0.309 e. The zero-order valence-electron chi connectivity index (χ0n) is 13.5. The fourth-order valence-corrected chi connectivity index (χ4v) is 2.86. The van der Waals surface area contributed by atoms with Crippen molar-refractivity contribution in [3.8, 4) is 11.5 Å². The van der Waals surface area contributed by atoms with Gasteiger partial charge in [-0.05, 0) is 51.0 Å². The average molecular weight is 315 g/mol.